The quantitative estimate of drug-likeness (QED) is 0.786. The van der Waals surface area contributed by atoms with Gasteiger partial charge in [0.15, 0.2) is 5.76 Å². The van der Waals surface area contributed by atoms with E-state index in [1.54, 1.807) is 11.3 Å². The van der Waals surface area contributed by atoms with Crippen molar-refractivity contribution in [1.82, 2.24) is 4.98 Å². The Bertz CT molecular complexity index is 700. The number of rotatable bonds is 3. The maximum atomic E-state index is 5.66. The van der Waals surface area contributed by atoms with Gasteiger partial charge in [0.2, 0.25) is 0 Å². The fourth-order valence-corrected chi connectivity index (χ4v) is 2.73. The number of hydrogen-bond acceptors (Lipinski definition) is 4. The van der Waals surface area contributed by atoms with Crippen LogP contribution in [0.15, 0.2) is 46.2 Å². The minimum absolute atomic E-state index is 0.545. The van der Waals surface area contributed by atoms with E-state index < -0.39 is 0 Å². The Morgan fingerprint density at radius 3 is 2.89 bits per heavy atom. The second kappa shape index (κ2) is 4.99. The molecule has 96 valence electrons. The zero-order chi connectivity index (χ0) is 13.2. The van der Waals surface area contributed by atoms with Gasteiger partial charge >= 0.3 is 0 Å². The summed E-state index contributed by atoms with van der Waals surface area (Å²) in [5.41, 5.74) is 8.76. The van der Waals surface area contributed by atoms with E-state index >= 15 is 0 Å². The van der Waals surface area contributed by atoms with Crippen LogP contribution in [0.1, 0.15) is 11.3 Å². The van der Waals surface area contributed by atoms with Crippen molar-refractivity contribution < 1.29 is 4.42 Å². The van der Waals surface area contributed by atoms with Crippen LogP contribution >= 0.6 is 11.3 Å². The van der Waals surface area contributed by atoms with Gasteiger partial charge < -0.3 is 10.2 Å². The highest BCUT2D eigenvalue weighted by Gasteiger charge is 2.09. The summed E-state index contributed by atoms with van der Waals surface area (Å²) in [4.78, 5) is 4.62. The number of thiazole rings is 1. The molecule has 0 aliphatic rings. The molecular formula is C15H14N2OS. The number of nitrogens with two attached hydrogens (primary N) is 1. The van der Waals surface area contributed by atoms with Gasteiger partial charge in [-0.3, -0.25) is 0 Å². The molecule has 3 nitrogen and oxygen atoms in total. The Morgan fingerprint density at radius 1 is 1.26 bits per heavy atom. The second-order valence-electron chi connectivity index (χ2n) is 4.35. The van der Waals surface area contributed by atoms with Crippen LogP contribution in [0, 0.1) is 6.92 Å². The first-order chi connectivity index (χ1) is 9.26. The maximum Gasteiger partial charge on any atom is 0.153 e. The molecule has 2 aromatic heterocycles. The second-order valence-corrected chi connectivity index (χ2v) is 5.21. The summed E-state index contributed by atoms with van der Waals surface area (Å²) in [6.07, 6.45) is 0. The lowest BCUT2D eigenvalue weighted by atomic mass is 10.1. The van der Waals surface area contributed by atoms with Crippen molar-refractivity contribution in [3.8, 4) is 22.0 Å². The lowest BCUT2D eigenvalue weighted by Crippen LogP contribution is -1.95. The highest BCUT2D eigenvalue weighted by molar-refractivity contribution is 7.13. The SMILES string of the molecule is Cc1ccc(-c2csc(-c3cccc(CN)c3)n2)o1. The van der Waals surface area contributed by atoms with Gasteiger partial charge in [0.25, 0.3) is 0 Å². The molecule has 19 heavy (non-hydrogen) atoms. The summed E-state index contributed by atoms with van der Waals surface area (Å²) >= 11 is 1.61. The lowest BCUT2D eigenvalue weighted by molar-refractivity contribution is 0.547. The molecule has 0 aliphatic heterocycles. The van der Waals surface area contributed by atoms with Gasteiger partial charge in [-0.15, -0.1) is 11.3 Å². The van der Waals surface area contributed by atoms with Gasteiger partial charge in [-0.2, -0.15) is 0 Å². The molecule has 0 spiro atoms. The van der Waals surface area contributed by atoms with Crippen molar-refractivity contribution in [3.05, 3.63) is 53.1 Å². The fraction of sp³-hybridized carbons (Fsp3) is 0.133. The van der Waals surface area contributed by atoms with E-state index in [1.807, 2.05) is 36.6 Å². The van der Waals surface area contributed by atoms with Crippen molar-refractivity contribution in [1.29, 1.82) is 0 Å². The zero-order valence-electron chi connectivity index (χ0n) is 10.6. The summed E-state index contributed by atoms with van der Waals surface area (Å²) in [5.74, 6) is 1.71. The Kier molecular flexibility index (Phi) is 3.19. The molecule has 2 N–H and O–H groups in total. The van der Waals surface area contributed by atoms with Crippen LogP contribution in [-0.2, 0) is 6.54 Å². The summed E-state index contributed by atoms with van der Waals surface area (Å²) < 4.78 is 5.59. The van der Waals surface area contributed by atoms with Gasteiger partial charge in [-0.05, 0) is 30.7 Å². The molecule has 0 aliphatic carbocycles. The van der Waals surface area contributed by atoms with Crippen molar-refractivity contribution in [2.75, 3.05) is 0 Å². The number of furan rings is 1. The molecule has 0 bridgehead atoms. The zero-order valence-corrected chi connectivity index (χ0v) is 11.4. The number of nitrogens with zero attached hydrogens (tertiary/aromatic N) is 1. The first-order valence-corrected chi connectivity index (χ1v) is 6.96. The predicted octanol–water partition coefficient (Wildman–Crippen LogP) is 3.84. The van der Waals surface area contributed by atoms with E-state index in [0.717, 1.165) is 33.3 Å². The molecule has 3 rings (SSSR count). The molecule has 0 amide bonds. The number of aryl methyl sites for hydroxylation is 1. The third kappa shape index (κ3) is 2.45. The summed E-state index contributed by atoms with van der Waals surface area (Å²) in [6.45, 7) is 2.48. The minimum atomic E-state index is 0.545. The number of aromatic nitrogens is 1. The molecule has 0 atom stereocenters. The van der Waals surface area contributed by atoms with Gasteiger partial charge in [-0.1, -0.05) is 18.2 Å². The third-order valence-electron chi connectivity index (χ3n) is 2.91. The first kappa shape index (κ1) is 12.1. The molecule has 3 aromatic rings. The molecule has 0 saturated carbocycles. The van der Waals surface area contributed by atoms with Crippen LogP contribution in [0.25, 0.3) is 22.0 Å². The van der Waals surface area contributed by atoms with E-state index in [4.69, 9.17) is 10.2 Å². The normalized spacial score (nSPS) is 10.8. The van der Waals surface area contributed by atoms with Crippen molar-refractivity contribution >= 4 is 11.3 Å². The average Bonchev–Trinajstić information content (AvgIpc) is 3.07. The molecular weight excluding hydrogens is 256 g/mol. The summed E-state index contributed by atoms with van der Waals surface area (Å²) in [6, 6.07) is 12.1. The topological polar surface area (TPSA) is 52.0 Å². The Balaban J connectivity index is 1.96. The first-order valence-electron chi connectivity index (χ1n) is 6.08. The number of benzene rings is 1. The van der Waals surface area contributed by atoms with Crippen LogP contribution < -0.4 is 5.73 Å². The van der Waals surface area contributed by atoms with Crippen LogP contribution in [-0.4, -0.2) is 4.98 Å². The lowest BCUT2D eigenvalue weighted by Gasteiger charge is -1.99. The van der Waals surface area contributed by atoms with Gasteiger partial charge in [0.1, 0.15) is 16.5 Å². The van der Waals surface area contributed by atoms with Crippen LogP contribution in [0.4, 0.5) is 0 Å². The molecule has 4 heteroatoms. The highest BCUT2D eigenvalue weighted by Crippen LogP contribution is 2.30. The monoisotopic (exact) mass is 270 g/mol. The summed E-state index contributed by atoms with van der Waals surface area (Å²) in [5, 5.41) is 3.00. The van der Waals surface area contributed by atoms with Crippen molar-refractivity contribution in [3.63, 3.8) is 0 Å². The Hall–Kier alpha value is -1.91. The molecule has 0 radical (unpaired) electrons. The molecule has 2 heterocycles. The van der Waals surface area contributed by atoms with E-state index in [9.17, 15) is 0 Å². The van der Waals surface area contributed by atoms with E-state index in [-0.39, 0.29) is 0 Å². The Labute approximate surface area is 115 Å². The predicted molar refractivity (Wildman–Crippen MR) is 77.9 cm³/mol. The largest absolute Gasteiger partial charge is 0.460 e. The Morgan fingerprint density at radius 2 is 2.16 bits per heavy atom. The molecule has 0 fully saturated rings. The minimum Gasteiger partial charge on any atom is -0.460 e. The van der Waals surface area contributed by atoms with Gasteiger partial charge in [0, 0.05) is 17.5 Å². The van der Waals surface area contributed by atoms with E-state index in [2.05, 4.69) is 17.1 Å². The van der Waals surface area contributed by atoms with Gasteiger partial charge in [-0.25, -0.2) is 4.98 Å². The van der Waals surface area contributed by atoms with Crippen LogP contribution in [0.5, 0.6) is 0 Å². The van der Waals surface area contributed by atoms with Crippen LogP contribution in [0.2, 0.25) is 0 Å². The molecule has 0 saturated heterocycles. The van der Waals surface area contributed by atoms with E-state index in [0.29, 0.717) is 6.54 Å². The highest BCUT2D eigenvalue weighted by atomic mass is 32.1. The molecule has 0 unspecified atom stereocenters. The third-order valence-corrected chi connectivity index (χ3v) is 3.80. The average molecular weight is 270 g/mol. The van der Waals surface area contributed by atoms with Gasteiger partial charge in [0.05, 0.1) is 0 Å². The molecule has 1 aromatic carbocycles. The van der Waals surface area contributed by atoms with Crippen molar-refractivity contribution in [2.24, 2.45) is 5.73 Å². The van der Waals surface area contributed by atoms with E-state index in [1.165, 1.54) is 0 Å². The summed E-state index contributed by atoms with van der Waals surface area (Å²) in [7, 11) is 0. The fourth-order valence-electron chi connectivity index (χ4n) is 1.92. The maximum absolute atomic E-state index is 5.66. The standard InChI is InChI=1S/C15H14N2OS/c1-10-5-6-14(18-10)13-9-19-15(17-13)12-4-2-3-11(7-12)8-16/h2-7,9H,8,16H2,1H3. The smallest absolute Gasteiger partial charge is 0.153 e. The number of hydrogen-bond donors (Lipinski definition) is 1. The van der Waals surface area contributed by atoms with Crippen LogP contribution in [0.3, 0.4) is 0 Å². The van der Waals surface area contributed by atoms with Crippen molar-refractivity contribution in [2.45, 2.75) is 13.5 Å².